The first-order valence-corrected chi connectivity index (χ1v) is 12.4. The maximum Gasteiger partial charge on any atom is 0.254 e. The highest BCUT2D eigenvalue weighted by Crippen LogP contribution is 2.40. The Morgan fingerprint density at radius 2 is 1.71 bits per heavy atom. The van der Waals surface area contributed by atoms with Gasteiger partial charge in [-0.15, -0.1) is 0 Å². The van der Waals surface area contributed by atoms with Crippen molar-refractivity contribution in [2.24, 2.45) is 0 Å². The number of aliphatic hydroxyl groups excluding tert-OH is 1. The summed E-state index contributed by atoms with van der Waals surface area (Å²) in [6.45, 7) is 2.91. The Morgan fingerprint density at radius 3 is 2.43 bits per heavy atom. The monoisotopic (exact) mass is 465 g/mol. The molecule has 3 aromatic carbocycles. The van der Waals surface area contributed by atoms with E-state index >= 15 is 0 Å². The van der Waals surface area contributed by atoms with Crippen LogP contribution in [0.15, 0.2) is 84.9 Å². The Balaban J connectivity index is 1.72. The Bertz CT molecular complexity index is 1310. The van der Waals surface area contributed by atoms with Gasteiger partial charge in [-0.3, -0.25) is 4.79 Å². The molecule has 2 N–H and O–H groups in total. The summed E-state index contributed by atoms with van der Waals surface area (Å²) in [6.07, 6.45) is 2.64. The fourth-order valence-corrected chi connectivity index (χ4v) is 5.17. The number of hydrogen-bond donors (Lipinski definition) is 2. The van der Waals surface area contributed by atoms with Crippen LogP contribution in [0.2, 0.25) is 0 Å². The average molecular weight is 466 g/mol. The molecule has 4 aromatic rings. The van der Waals surface area contributed by atoms with Crippen LogP contribution in [0.5, 0.6) is 0 Å². The third-order valence-corrected chi connectivity index (χ3v) is 6.93. The van der Waals surface area contributed by atoms with Crippen molar-refractivity contribution >= 4 is 22.5 Å². The number of hydrogen-bond acceptors (Lipinski definition) is 4. The van der Waals surface area contributed by atoms with E-state index in [0.717, 1.165) is 59.2 Å². The zero-order valence-electron chi connectivity index (χ0n) is 20.0. The van der Waals surface area contributed by atoms with Crippen LogP contribution in [0.3, 0.4) is 0 Å². The maximum absolute atomic E-state index is 14.1. The number of aliphatic hydroxyl groups is 1. The number of nitrogens with zero attached hydrogens (tertiary/aromatic N) is 2. The van der Waals surface area contributed by atoms with E-state index in [1.165, 1.54) is 0 Å². The highest BCUT2D eigenvalue weighted by molar-refractivity contribution is 6.13. The van der Waals surface area contributed by atoms with Gasteiger partial charge >= 0.3 is 0 Å². The predicted molar refractivity (Wildman–Crippen MR) is 142 cm³/mol. The summed E-state index contributed by atoms with van der Waals surface area (Å²) in [7, 11) is 0. The molecule has 1 aromatic heterocycles. The number of anilines is 1. The van der Waals surface area contributed by atoms with Crippen LogP contribution in [0.25, 0.3) is 22.2 Å². The van der Waals surface area contributed by atoms with Crippen molar-refractivity contribution in [2.45, 2.75) is 38.3 Å². The molecule has 1 saturated heterocycles. The third kappa shape index (κ3) is 4.52. The fourth-order valence-electron chi connectivity index (χ4n) is 5.17. The van der Waals surface area contributed by atoms with Crippen molar-refractivity contribution in [3.8, 4) is 11.3 Å². The van der Waals surface area contributed by atoms with E-state index in [1.54, 1.807) is 0 Å². The molecule has 0 bridgehead atoms. The number of nitrogens with one attached hydrogen (secondary N) is 1. The standard InChI is InChI=1S/C30H31N3O2/c1-2-25(21-12-5-3-6-13-21)32-30(35)27-24-17-9-10-18-26(24)31-28(22-14-7-4-8-15-22)29(27)33-19-11-16-23(33)20-34/h3-10,12-15,17-18,23,25,34H,2,11,16,19-20H2,1H3,(H,32,35)/t23-,25?/m0/s1. The number of aromatic nitrogens is 1. The number of carbonyl (C=O) groups is 1. The Morgan fingerprint density at radius 1 is 1.03 bits per heavy atom. The molecule has 1 unspecified atom stereocenters. The van der Waals surface area contributed by atoms with Crippen molar-refractivity contribution < 1.29 is 9.90 Å². The van der Waals surface area contributed by atoms with Crippen LogP contribution in [0.4, 0.5) is 5.69 Å². The molecule has 35 heavy (non-hydrogen) atoms. The molecule has 2 heterocycles. The van der Waals surface area contributed by atoms with Crippen molar-refractivity contribution in [3.63, 3.8) is 0 Å². The van der Waals surface area contributed by atoms with E-state index in [0.29, 0.717) is 5.56 Å². The molecule has 1 aliphatic rings. The van der Waals surface area contributed by atoms with Crippen LogP contribution in [0, 0.1) is 0 Å². The summed E-state index contributed by atoms with van der Waals surface area (Å²) in [6, 6.07) is 27.8. The first-order valence-electron chi connectivity index (χ1n) is 12.4. The van der Waals surface area contributed by atoms with Gasteiger partial charge in [-0.05, 0) is 30.9 Å². The maximum atomic E-state index is 14.1. The van der Waals surface area contributed by atoms with Crippen LogP contribution in [0.1, 0.15) is 48.1 Å². The minimum Gasteiger partial charge on any atom is -0.394 e. The summed E-state index contributed by atoms with van der Waals surface area (Å²) in [5.74, 6) is -0.116. The van der Waals surface area contributed by atoms with Gasteiger partial charge in [0.25, 0.3) is 5.91 Å². The van der Waals surface area contributed by atoms with Crippen LogP contribution in [-0.2, 0) is 0 Å². The molecule has 0 aliphatic carbocycles. The first-order chi connectivity index (χ1) is 17.2. The molecule has 0 saturated carbocycles. The van der Waals surface area contributed by atoms with Gasteiger partial charge in [-0.1, -0.05) is 85.8 Å². The lowest BCUT2D eigenvalue weighted by Gasteiger charge is -2.30. The second-order valence-corrected chi connectivity index (χ2v) is 9.08. The van der Waals surface area contributed by atoms with Gasteiger partial charge in [-0.25, -0.2) is 4.98 Å². The Labute approximate surface area is 206 Å². The van der Waals surface area contributed by atoms with E-state index in [4.69, 9.17) is 4.98 Å². The molecule has 178 valence electrons. The predicted octanol–water partition coefficient (Wildman–Crippen LogP) is 5.74. The quantitative estimate of drug-likeness (QED) is 0.365. The van der Waals surface area contributed by atoms with Crippen molar-refractivity contribution in [2.75, 3.05) is 18.1 Å². The van der Waals surface area contributed by atoms with Crippen molar-refractivity contribution in [3.05, 3.63) is 96.1 Å². The van der Waals surface area contributed by atoms with Crippen molar-refractivity contribution in [1.82, 2.24) is 10.3 Å². The minimum atomic E-state index is -0.116. The molecule has 1 aliphatic heterocycles. The van der Waals surface area contributed by atoms with E-state index in [9.17, 15) is 9.90 Å². The number of benzene rings is 3. The SMILES string of the molecule is CCC(NC(=O)c1c(N2CCC[C@H]2CO)c(-c2ccccc2)nc2ccccc12)c1ccccc1. The largest absolute Gasteiger partial charge is 0.394 e. The highest BCUT2D eigenvalue weighted by Gasteiger charge is 2.32. The Hall–Kier alpha value is -3.70. The molecular formula is C30H31N3O2. The van der Waals surface area contributed by atoms with Gasteiger partial charge in [0.15, 0.2) is 0 Å². The van der Waals surface area contributed by atoms with Gasteiger partial charge in [0.1, 0.15) is 0 Å². The summed E-state index contributed by atoms with van der Waals surface area (Å²) >= 11 is 0. The minimum absolute atomic E-state index is 0.0388. The zero-order valence-corrected chi connectivity index (χ0v) is 20.0. The smallest absolute Gasteiger partial charge is 0.254 e. The fraction of sp³-hybridized carbons (Fsp3) is 0.267. The second-order valence-electron chi connectivity index (χ2n) is 9.08. The molecule has 5 rings (SSSR count). The number of rotatable bonds is 7. The summed E-state index contributed by atoms with van der Waals surface area (Å²) in [4.78, 5) is 21.4. The molecule has 5 nitrogen and oxygen atoms in total. The molecule has 1 fully saturated rings. The summed E-state index contributed by atoms with van der Waals surface area (Å²) in [5, 5.41) is 14.3. The van der Waals surface area contributed by atoms with E-state index in [2.05, 4.69) is 29.3 Å². The van der Waals surface area contributed by atoms with Gasteiger partial charge in [0, 0.05) is 17.5 Å². The normalized spacial score (nSPS) is 16.4. The van der Waals surface area contributed by atoms with Gasteiger partial charge in [0.05, 0.1) is 41.2 Å². The summed E-state index contributed by atoms with van der Waals surface area (Å²) in [5.41, 5.74) is 5.05. The number of fused-ring (bicyclic) bond motifs is 1. The number of amides is 1. The molecule has 1 amide bonds. The van der Waals surface area contributed by atoms with Crippen LogP contribution < -0.4 is 10.2 Å². The van der Waals surface area contributed by atoms with E-state index in [1.807, 2.05) is 72.8 Å². The van der Waals surface area contributed by atoms with Gasteiger partial charge in [-0.2, -0.15) is 0 Å². The van der Waals surface area contributed by atoms with Crippen LogP contribution in [-0.4, -0.2) is 35.2 Å². The average Bonchev–Trinajstić information content (AvgIpc) is 3.40. The lowest BCUT2D eigenvalue weighted by atomic mass is 9.97. The van der Waals surface area contributed by atoms with E-state index in [-0.39, 0.29) is 24.6 Å². The first kappa shape index (κ1) is 23.1. The molecule has 5 heteroatoms. The lowest BCUT2D eigenvalue weighted by molar-refractivity contribution is 0.0937. The molecule has 2 atom stereocenters. The second kappa shape index (κ2) is 10.3. The molecule has 0 radical (unpaired) electrons. The number of carbonyl (C=O) groups excluding carboxylic acids is 1. The Kier molecular flexibility index (Phi) is 6.77. The number of pyridine rings is 1. The molecular weight excluding hydrogens is 434 g/mol. The lowest BCUT2D eigenvalue weighted by Crippen LogP contribution is -2.36. The van der Waals surface area contributed by atoms with Crippen molar-refractivity contribution in [1.29, 1.82) is 0 Å². The number of para-hydroxylation sites is 1. The topological polar surface area (TPSA) is 65.5 Å². The van der Waals surface area contributed by atoms with Gasteiger partial charge < -0.3 is 15.3 Å². The summed E-state index contributed by atoms with van der Waals surface area (Å²) < 4.78 is 0. The molecule has 0 spiro atoms. The zero-order chi connectivity index (χ0) is 24.2. The highest BCUT2D eigenvalue weighted by atomic mass is 16.3. The van der Waals surface area contributed by atoms with Gasteiger partial charge in [0.2, 0.25) is 0 Å². The van der Waals surface area contributed by atoms with Crippen LogP contribution >= 0.6 is 0 Å². The third-order valence-electron chi connectivity index (χ3n) is 6.93. The van der Waals surface area contributed by atoms with E-state index < -0.39 is 0 Å².